The lowest BCUT2D eigenvalue weighted by molar-refractivity contribution is -0.129. The monoisotopic (exact) mass is 344 g/mol. The van der Waals surface area contributed by atoms with Crippen LogP contribution in [0.1, 0.15) is 28.4 Å². The first kappa shape index (κ1) is 16.0. The highest BCUT2D eigenvalue weighted by Gasteiger charge is 2.24. The van der Waals surface area contributed by atoms with Crippen molar-refractivity contribution < 1.29 is 14.3 Å². The Morgan fingerprint density at radius 3 is 2.73 bits per heavy atom. The number of aryl methyl sites for hydroxylation is 1. The fourth-order valence-corrected chi connectivity index (χ4v) is 3.04. The van der Waals surface area contributed by atoms with Crippen molar-refractivity contribution in [2.75, 3.05) is 0 Å². The third-order valence-corrected chi connectivity index (χ3v) is 4.26. The Morgan fingerprint density at radius 1 is 1.15 bits per heavy atom. The zero-order valence-electron chi connectivity index (χ0n) is 14.4. The lowest BCUT2D eigenvalue weighted by atomic mass is 10.1. The van der Waals surface area contributed by atoms with E-state index in [0.717, 1.165) is 27.6 Å². The molecular weight excluding hydrogens is 328 g/mol. The molecule has 1 aromatic heterocycles. The summed E-state index contributed by atoms with van der Waals surface area (Å²) in [6.45, 7) is 3.47. The summed E-state index contributed by atoms with van der Waals surface area (Å²) in [5, 5.41) is 0.877. The Hall–Kier alpha value is -3.47. The molecule has 0 aliphatic carbocycles. The quantitative estimate of drug-likeness (QED) is 0.522. The van der Waals surface area contributed by atoms with Crippen LogP contribution < -0.4 is 0 Å². The number of esters is 1. The number of hydrogen-bond donors (Lipinski definition) is 0. The number of rotatable bonds is 2. The fraction of sp³-hybridized carbons (Fsp3) is 0.0952. The van der Waals surface area contributed by atoms with Crippen LogP contribution in [0, 0.1) is 6.92 Å². The van der Waals surface area contributed by atoms with Gasteiger partial charge in [0.1, 0.15) is 0 Å². The molecule has 0 bridgehead atoms. The molecule has 0 atom stereocenters. The number of aromatic nitrogens is 1. The highest BCUT2D eigenvalue weighted by atomic mass is 16.6. The van der Waals surface area contributed by atoms with Crippen LogP contribution in [0.4, 0.5) is 0 Å². The lowest BCUT2D eigenvalue weighted by Gasteiger charge is -1.99. The van der Waals surface area contributed by atoms with E-state index in [1.54, 1.807) is 16.8 Å². The molecule has 5 nitrogen and oxygen atoms in total. The number of aliphatic imine (C=N–C) groups is 1. The SMILES string of the molecule is CC(=O)n1cc(/C=C2/N=C(c3cccc(C)c3)OC2=O)c2ccccc21. The number of nitrogens with zero attached hydrogens (tertiary/aromatic N) is 2. The van der Waals surface area contributed by atoms with Crippen LogP contribution in [-0.2, 0) is 9.53 Å². The predicted molar refractivity (Wildman–Crippen MR) is 100 cm³/mol. The van der Waals surface area contributed by atoms with Crippen LogP contribution in [0.15, 0.2) is 65.4 Å². The van der Waals surface area contributed by atoms with Gasteiger partial charge in [0.05, 0.1) is 5.52 Å². The van der Waals surface area contributed by atoms with E-state index in [1.807, 2.05) is 55.5 Å². The molecule has 0 saturated carbocycles. The van der Waals surface area contributed by atoms with Gasteiger partial charge in [0, 0.05) is 29.6 Å². The summed E-state index contributed by atoms with van der Waals surface area (Å²) in [5.74, 6) is -0.301. The Bertz CT molecular complexity index is 1120. The van der Waals surface area contributed by atoms with Gasteiger partial charge in [-0.3, -0.25) is 9.36 Å². The molecule has 2 heterocycles. The highest BCUT2D eigenvalue weighted by molar-refractivity contribution is 6.13. The Kier molecular flexibility index (Phi) is 3.77. The molecule has 128 valence electrons. The molecule has 0 saturated heterocycles. The molecule has 0 N–H and O–H groups in total. The normalized spacial score (nSPS) is 15.4. The van der Waals surface area contributed by atoms with E-state index in [9.17, 15) is 9.59 Å². The van der Waals surface area contributed by atoms with E-state index in [-0.39, 0.29) is 11.6 Å². The zero-order chi connectivity index (χ0) is 18.3. The molecule has 0 spiro atoms. The average molecular weight is 344 g/mol. The van der Waals surface area contributed by atoms with E-state index in [0.29, 0.717) is 5.90 Å². The Balaban J connectivity index is 1.80. The molecule has 1 aliphatic rings. The van der Waals surface area contributed by atoms with Gasteiger partial charge in [-0.2, -0.15) is 0 Å². The molecule has 26 heavy (non-hydrogen) atoms. The number of carbonyl (C=O) groups is 2. The van der Waals surface area contributed by atoms with Crippen molar-refractivity contribution in [1.82, 2.24) is 4.57 Å². The smallest absolute Gasteiger partial charge is 0.363 e. The Morgan fingerprint density at radius 2 is 1.96 bits per heavy atom. The Labute approximate surface area is 150 Å². The molecule has 3 aromatic rings. The summed E-state index contributed by atoms with van der Waals surface area (Å²) in [4.78, 5) is 28.5. The average Bonchev–Trinajstić information content (AvgIpc) is 3.17. The van der Waals surface area contributed by atoms with Crippen LogP contribution in [0.25, 0.3) is 17.0 Å². The molecular formula is C21H16N2O3. The minimum absolute atomic E-state index is 0.0937. The van der Waals surface area contributed by atoms with Crippen LogP contribution in [-0.4, -0.2) is 22.3 Å². The van der Waals surface area contributed by atoms with Gasteiger partial charge in [-0.1, -0.05) is 35.9 Å². The van der Waals surface area contributed by atoms with E-state index < -0.39 is 5.97 Å². The summed E-state index contributed by atoms with van der Waals surface area (Å²) >= 11 is 0. The second kappa shape index (κ2) is 6.11. The number of ether oxygens (including phenoxy) is 1. The zero-order valence-corrected chi connectivity index (χ0v) is 14.4. The van der Waals surface area contributed by atoms with Gasteiger partial charge < -0.3 is 4.74 Å². The van der Waals surface area contributed by atoms with Gasteiger partial charge in [-0.15, -0.1) is 0 Å². The largest absolute Gasteiger partial charge is 0.402 e. The standard InChI is InChI=1S/C21H16N2O3/c1-13-6-5-7-15(10-13)20-22-18(21(25)26-20)11-16-12-23(14(2)24)19-9-4-3-8-17(16)19/h3-12H,1-2H3/b18-11+. The number of carbonyl (C=O) groups excluding carboxylic acids is 2. The number of para-hydroxylation sites is 1. The fourth-order valence-electron chi connectivity index (χ4n) is 3.04. The minimum Gasteiger partial charge on any atom is -0.402 e. The van der Waals surface area contributed by atoms with Crippen molar-refractivity contribution in [1.29, 1.82) is 0 Å². The van der Waals surface area contributed by atoms with Crippen molar-refractivity contribution in [2.45, 2.75) is 13.8 Å². The van der Waals surface area contributed by atoms with E-state index in [1.165, 1.54) is 6.92 Å². The summed E-state index contributed by atoms with van der Waals surface area (Å²) in [7, 11) is 0. The van der Waals surface area contributed by atoms with Crippen molar-refractivity contribution in [3.8, 4) is 0 Å². The van der Waals surface area contributed by atoms with Crippen molar-refractivity contribution >= 4 is 34.8 Å². The molecule has 2 aromatic carbocycles. The van der Waals surface area contributed by atoms with Crippen molar-refractivity contribution in [3.63, 3.8) is 0 Å². The lowest BCUT2D eigenvalue weighted by Crippen LogP contribution is -2.05. The molecule has 0 unspecified atom stereocenters. The third-order valence-electron chi connectivity index (χ3n) is 4.26. The maximum Gasteiger partial charge on any atom is 0.363 e. The summed E-state index contributed by atoms with van der Waals surface area (Å²) in [6.07, 6.45) is 3.38. The highest BCUT2D eigenvalue weighted by Crippen LogP contribution is 2.26. The summed E-state index contributed by atoms with van der Waals surface area (Å²) in [6, 6.07) is 15.2. The van der Waals surface area contributed by atoms with Crippen molar-refractivity contribution in [3.05, 3.63) is 77.1 Å². The van der Waals surface area contributed by atoms with Gasteiger partial charge in [0.25, 0.3) is 0 Å². The maximum absolute atomic E-state index is 12.2. The first-order valence-corrected chi connectivity index (χ1v) is 8.23. The summed E-state index contributed by atoms with van der Waals surface area (Å²) in [5.41, 5.74) is 3.57. The number of cyclic esters (lactones) is 1. The summed E-state index contributed by atoms with van der Waals surface area (Å²) < 4.78 is 6.89. The van der Waals surface area contributed by atoms with Crippen molar-refractivity contribution in [2.24, 2.45) is 4.99 Å². The minimum atomic E-state index is -0.499. The maximum atomic E-state index is 12.2. The third kappa shape index (κ3) is 2.73. The van der Waals surface area contributed by atoms with Crippen LogP contribution >= 0.6 is 0 Å². The molecule has 0 fully saturated rings. The van der Waals surface area contributed by atoms with E-state index >= 15 is 0 Å². The second-order valence-electron chi connectivity index (χ2n) is 6.20. The van der Waals surface area contributed by atoms with Gasteiger partial charge in [-0.25, -0.2) is 9.79 Å². The second-order valence-corrected chi connectivity index (χ2v) is 6.20. The van der Waals surface area contributed by atoms with E-state index in [2.05, 4.69) is 4.99 Å². The first-order chi connectivity index (χ1) is 12.5. The molecule has 0 radical (unpaired) electrons. The van der Waals surface area contributed by atoms with E-state index in [4.69, 9.17) is 4.74 Å². The molecule has 4 rings (SSSR count). The number of fused-ring (bicyclic) bond motifs is 1. The van der Waals surface area contributed by atoms with Crippen LogP contribution in [0.3, 0.4) is 0 Å². The van der Waals surface area contributed by atoms with Gasteiger partial charge in [0.2, 0.25) is 11.8 Å². The van der Waals surface area contributed by atoms with Gasteiger partial charge in [0.15, 0.2) is 5.70 Å². The number of benzene rings is 2. The van der Waals surface area contributed by atoms with Crippen LogP contribution in [0.5, 0.6) is 0 Å². The predicted octanol–water partition coefficient (Wildman–Crippen LogP) is 3.95. The topological polar surface area (TPSA) is 60.7 Å². The van der Waals surface area contributed by atoms with Crippen LogP contribution in [0.2, 0.25) is 0 Å². The number of hydrogen-bond acceptors (Lipinski definition) is 4. The molecule has 0 amide bonds. The molecule has 5 heteroatoms. The van der Waals surface area contributed by atoms with Gasteiger partial charge >= 0.3 is 5.97 Å². The first-order valence-electron chi connectivity index (χ1n) is 8.23. The van der Waals surface area contributed by atoms with Gasteiger partial charge in [-0.05, 0) is 31.2 Å². The molecule has 1 aliphatic heterocycles.